The molecule has 0 unspecified atom stereocenters. The molecule has 0 heterocycles. The van der Waals surface area contributed by atoms with Crippen LogP contribution in [0.25, 0.3) is 11.1 Å². The molecule has 2 rings (SSSR count). The second kappa shape index (κ2) is 4.97. The summed E-state index contributed by atoms with van der Waals surface area (Å²) in [7, 11) is 0. The zero-order valence-corrected chi connectivity index (χ0v) is 10.6. The third kappa shape index (κ3) is 2.58. The summed E-state index contributed by atoms with van der Waals surface area (Å²) in [4.78, 5) is 11.0. The molecule has 0 fully saturated rings. The molecule has 0 bridgehead atoms. The lowest BCUT2D eigenvalue weighted by Gasteiger charge is -2.08. The van der Waals surface area contributed by atoms with Gasteiger partial charge in [0.05, 0.1) is 10.6 Å². The van der Waals surface area contributed by atoms with Gasteiger partial charge in [0.25, 0.3) is 0 Å². The Morgan fingerprint density at radius 2 is 1.84 bits per heavy atom. The first-order valence-corrected chi connectivity index (χ1v) is 5.77. The topological polar surface area (TPSA) is 37.3 Å². The lowest BCUT2D eigenvalue weighted by molar-refractivity contribution is 0.0697. The van der Waals surface area contributed by atoms with E-state index in [0.29, 0.717) is 5.56 Å². The highest BCUT2D eigenvalue weighted by Crippen LogP contribution is 2.29. The summed E-state index contributed by atoms with van der Waals surface area (Å²) in [6.07, 6.45) is 0. The lowest BCUT2D eigenvalue weighted by atomic mass is 10.0. The van der Waals surface area contributed by atoms with E-state index in [2.05, 4.69) is 0 Å². The molecule has 0 aliphatic rings. The van der Waals surface area contributed by atoms with Crippen molar-refractivity contribution in [2.24, 2.45) is 0 Å². The van der Waals surface area contributed by atoms with Crippen molar-refractivity contribution >= 4 is 17.6 Å². The summed E-state index contributed by atoms with van der Waals surface area (Å²) in [6.45, 7) is 1.51. The number of aromatic carboxylic acids is 1. The molecule has 0 aliphatic heterocycles. The van der Waals surface area contributed by atoms with Gasteiger partial charge in [-0.25, -0.2) is 13.6 Å². The smallest absolute Gasteiger partial charge is 0.337 e. The Balaban J connectivity index is 2.63. The van der Waals surface area contributed by atoms with Crippen LogP contribution in [0.3, 0.4) is 0 Å². The van der Waals surface area contributed by atoms with Crippen LogP contribution in [0.15, 0.2) is 30.3 Å². The monoisotopic (exact) mass is 282 g/mol. The Bertz CT molecular complexity index is 669. The van der Waals surface area contributed by atoms with Crippen LogP contribution in [0.2, 0.25) is 5.02 Å². The molecule has 0 atom stereocenters. The molecule has 0 spiro atoms. The number of aryl methyl sites for hydroxylation is 1. The minimum absolute atomic E-state index is 0.0653. The van der Waals surface area contributed by atoms with Crippen LogP contribution in [0, 0.1) is 18.6 Å². The fraction of sp³-hybridized carbons (Fsp3) is 0.0714. The summed E-state index contributed by atoms with van der Waals surface area (Å²) in [5, 5.41) is 9.03. The first-order valence-electron chi connectivity index (χ1n) is 5.39. The molecule has 0 saturated heterocycles. The minimum atomic E-state index is -1.20. The van der Waals surface area contributed by atoms with Crippen LogP contribution in [-0.2, 0) is 0 Å². The fourth-order valence-corrected chi connectivity index (χ4v) is 1.93. The number of carboxylic acid groups (broad SMARTS) is 1. The summed E-state index contributed by atoms with van der Waals surface area (Å²) in [5.74, 6) is -2.60. The van der Waals surface area contributed by atoms with Crippen LogP contribution in [0.4, 0.5) is 8.78 Å². The van der Waals surface area contributed by atoms with Gasteiger partial charge in [-0.1, -0.05) is 17.7 Å². The first kappa shape index (κ1) is 13.5. The fourth-order valence-electron chi connectivity index (χ4n) is 1.74. The number of carbonyl (C=O) groups is 1. The highest BCUT2D eigenvalue weighted by atomic mass is 35.5. The van der Waals surface area contributed by atoms with Gasteiger partial charge in [0, 0.05) is 11.6 Å². The second-order valence-corrected chi connectivity index (χ2v) is 4.49. The molecule has 0 aliphatic carbocycles. The van der Waals surface area contributed by atoms with Crippen molar-refractivity contribution in [1.29, 1.82) is 0 Å². The van der Waals surface area contributed by atoms with Crippen molar-refractivity contribution in [3.05, 3.63) is 58.1 Å². The molecule has 1 N–H and O–H groups in total. The molecule has 0 saturated carbocycles. The van der Waals surface area contributed by atoms with Crippen LogP contribution in [0.1, 0.15) is 15.9 Å². The van der Waals surface area contributed by atoms with E-state index in [1.165, 1.54) is 31.2 Å². The summed E-state index contributed by atoms with van der Waals surface area (Å²) >= 11 is 5.74. The Labute approximate surface area is 113 Å². The van der Waals surface area contributed by atoms with E-state index in [1.54, 1.807) is 0 Å². The standard InChI is InChI=1S/C14H9ClF2O2/c1-7-4-9(13(17)6-12(7)16)8-2-3-11(15)10(5-8)14(18)19/h2-6H,1H3,(H,18,19). The van der Waals surface area contributed by atoms with Gasteiger partial charge in [-0.15, -0.1) is 0 Å². The van der Waals surface area contributed by atoms with Crippen LogP contribution in [-0.4, -0.2) is 11.1 Å². The largest absolute Gasteiger partial charge is 0.478 e. The average Bonchev–Trinajstić information content (AvgIpc) is 2.34. The molecule has 98 valence electrons. The molecular formula is C14H9ClF2O2. The molecule has 5 heteroatoms. The molecule has 0 radical (unpaired) electrons. The number of hydrogen-bond acceptors (Lipinski definition) is 1. The quantitative estimate of drug-likeness (QED) is 0.892. The molecular weight excluding hydrogens is 274 g/mol. The number of hydrogen-bond donors (Lipinski definition) is 1. The maximum absolute atomic E-state index is 13.7. The van der Waals surface area contributed by atoms with E-state index in [-0.39, 0.29) is 21.7 Å². The number of rotatable bonds is 2. The molecule has 19 heavy (non-hydrogen) atoms. The Kier molecular flexibility index (Phi) is 3.53. The van der Waals surface area contributed by atoms with Gasteiger partial charge >= 0.3 is 5.97 Å². The van der Waals surface area contributed by atoms with Gasteiger partial charge in [0.2, 0.25) is 0 Å². The normalized spacial score (nSPS) is 10.5. The summed E-state index contributed by atoms with van der Waals surface area (Å²) in [5.41, 5.74) is 0.629. The van der Waals surface area contributed by atoms with Crippen molar-refractivity contribution in [3.63, 3.8) is 0 Å². The molecule has 2 aromatic carbocycles. The second-order valence-electron chi connectivity index (χ2n) is 4.08. The van der Waals surface area contributed by atoms with E-state index in [9.17, 15) is 13.6 Å². The summed E-state index contributed by atoms with van der Waals surface area (Å²) in [6, 6.07) is 6.24. The highest BCUT2D eigenvalue weighted by Gasteiger charge is 2.14. The van der Waals surface area contributed by atoms with Gasteiger partial charge < -0.3 is 5.11 Å². The third-order valence-electron chi connectivity index (χ3n) is 2.76. The SMILES string of the molecule is Cc1cc(-c2ccc(Cl)c(C(=O)O)c2)c(F)cc1F. The summed E-state index contributed by atoms with van der Waals surface area (Å²) < 4.78 is 26.9. The average molecular weight is 283 g/mol. The van der Waals surface area contributed by atoms with E-state index >= 15 is 0 Å². The molecule has 0 amide bonds. The van der Waals surface area contributed by atoms with Crippen LogP contribution in [0.5, 0.6) is 0 Å². The maximum Gasteiger partial charge on any atom is 0.337 e. The zero-order valence-electron chi connectivity index (χ0n) is 9.88. The van der Waals surface area contributed by atoms with Gasteiger partial charge in [-0.2, -0.15) is 0 Å². The predicted octanol–water partition coefficient (Wildman–Crippen LogP) is 4.29. The van der Waals surface area contributed by atoms with Gasteiger partial charge in [0.1, 0.15) is 11.6 Å². The van der Waals surface area contributed by atoms with Crippen LogP contribution < -0.4 is 0 Å². The van der Waals surface area contributed by atoms with E-state index in [4.69, 9.17) is 16.7 Å². The van der Waals surface area contributed by atoms with Crippen molar-refractivity contribution in [2.45, 2.75) is 6.92 Å². The first-order chi connectivity index (χ1) is 8.90. The third-order valence-corrected chi connectivity index (χ3v) is 3.09. The van der Waals surface area contributed by atoms with Crippen LogP contribution >= 0.6 is 11.6 Å². The van der Waals surface area contributed by atoms with E-state index in [1.807, 2.05) is 0 Å². The van der Waals surface area contributed by atoms with Gasteiger partial charge in [-0.05, 0) is 36.2 Å². The van der Waals surface area contributed by atoms with E-state index < -0.39 is 17.6 Å². The number of carboxylic acids is 1. The van der Waals surface area contributed by atoms with Gasteiger partial charge in [-0.3, -0.25) is 0 Å². The lowest BCUT2D eigenvalue weighted by Crippen LogP contribution is -1.98. The number of halogens is 3. The van der Waals surface area contributed by atoms with Crippen molar-refractivity contribution in [3.8, 4) is 11.1 Å². The molecule has 2 aromatic rings. The minimum Gasteiger partial charge on any atom is -0.478 e. The van der Waals surface area contributed by atoms with Crippen molar-refractivity contribution in [2.75, 3.05) is 0 Å². The predicted molar refractivity (Wildman–Crippen MR) is 68.5 cm³/mol. The number of benzene rings is 2. The van der Waals surface area contributed by atoms with Crippen molar-refractivity contribution in [1.82, 2.24) is 0 Å². The Hall–Kier alpha value is -1.94. The molecule has 0 aromatic heterocycles. The Morgan fingerprint density at radius 3 is 2.47 bits per heavy atom. The van der Waals surface area contributed by atoms with E-state index in [0.717, 1.165) is 6.07 Å². The Morgan fingerprint density at radius 1 is 1.16 bits per heavy atom. The van der Waals surface area contributed by atoms with Gasteiger partial charge in [0.15, 0.2) is 0 Å². The maximum atomic E-state index is 13.7. The highest BCUT2D eigenvalue weighted by molar-refractivity contribution is 6.33. The molecule has 2 nitrogen and oxygen atoms in total. The zero-order chi connectivity index (χ0) is 14.2. The van der Waals surface area contributed by atoms with Crippen molar-refractivity contribution < 1.29 is 18.7 Å².